The molecule has 4 nitrogen and oxygen atoms in total. The first-order chi connectivity index (χ1) is 15.1. The second-order valence-electron chi connectivity index (χ2n) is 8.67. The molecule has 7 rings (SSSR count). The fraction of sp³-hybridized carbons (Fsp3) is 0.231. The molecule has 0 fully saturated rings. The maximum absolute atomic E-state index is 13.7. The van der Waals surface area contributed by atoms with Gasteiger partial charge in [-0.3, -0.25) is 4.79 Å². The van der Waals surface area contributed by atoms with E-state index in [4.69, 9.17) is 4.74 Å². The molecule has 0 saturated carbocycles. The summed E-state index contributed by atoms with van der Waals surface area (Å²) < 4.78 is 6.32. The van der Waals surface area contributed by atoms with E-state index >= 15 is 0 Å². The zero-order chi connectivity index (χ0) is 21.2. The van der Waals surface area contributed by atoms with Crippen LogP contribution in [-0.4, -0.2) is 18.0 Å². The number of nitrogens with one attached hydrogen (secondary N) is 1. The molecule has 3 aromatic carbocycles. The Bertz CT molecular complexity index is 1300. The summed E-state index contributed by atoms with van der Waals surface area (Å²) in [7, 11) is 1.65. The van der Waals surface area contributed by atoms with Crippen LogP contribution in [0.4, 0.5) is 5.13 Å². The van der Waals surface area contributed by atoms with Crippen LogP contribution < -0.4 is 10.1 Å². The van der Waals surface area contributed by atoms with Gasteiger partial charge in [-0.1, -0.05) is 59.9 Å². The molecular weight excluding hydrogens is 404 g/mol. The lowest BCUT2D eigenvalue weighted by Gasteiger charge is -2.50. The van der Waals surface area contributed by atoms with Gasteiger partial charge in [0.15, 0.2) is 5.13 Å². The molecule has 154 valence electrons. The lowest BCUT2D eigenvalue weighted by Crippen LogP contribution is -2.47. The van der Waals surface area contributed by atoms with Crippen molar-refractivity contribution in [1.82, 2.24) is 4.98 Å². The molecule has 2 bridgehead atoms. The van der Waals surface area contributed by atoms with Gasteiger partial charge >= 0.3 is 0 Å². The van der Waals surface area contributed by atoms with Gasteiger partial charge < -0.3 is 10.1 Å². The monoisotopic (exact) mass is 426 g/mol. The van der Waals surface area contributed by atoms with Crippen molar-refractivity contribution < 1.29 is 9.53 Å². The van der Waals surface area contributed by atoms with E-state index in [9.17, 15) is 4.79 Å². The average molecular weight is 427 g/mol. The first kappa shape index (κ1) is 18.6. The summed E-state index contributed by atoms with van der Waals surface area (Å²) in [5.74, 6) is 1.11. The number of ether oxygens (including phenoxy) is 1. The summed E-state index contributed by atoms with van der Waals surface area (Å²) in [6.45, 7) is 2.11. The summed E-state index contributed by atoms with van der Waals surface area (Å²) in [5, 5.41) is 3.79. The predicted octanol–water partition coefficient (Wildman–Crippen LogP) is 5.93. The molecular formula is C26H22N2O2S. The predicted molar refractivity (Wildman–Crippen MR) is 124 cm³/mol. The second-order valence-corrected chi connectivity index (χ2v) is 9.70. The lowest BCUT2D eigenvalue weighted by molar-refractivity contribution is -0.126. The van der Waals surface area contributed by atoms with Gasteiger partial charge in [0.2, 0.25) is 5.91 Å². The first-order valence-corrected chi connectivity index (χ1v) is 11.3. The van der Waals surface area contributed by atoms with Crippen LogP contribution in [0.25, 0.3) is 10.2 Å². The minimum absolute atomic E-state index is 0.0394. The molecule has 1 unspecified atom stereocenters. The molecule has 1 heterocycles. The Hall–Kier alpha value is -3.18. The van der Waals surface area contributed by atoms with Crippen LogP contribution in [0, 0.1) is 5.41 Å². The van der Waals surface area contributed by atoms with Crippen molar-refractivity contribution in [2.45, 2.75) is 25.2 Å². The van der Waals surface area contributed by atoms with Crippen molar-refractivity contribution in [3.05, 3.63) is 89.0 Å². The Morgan fingerprint density at radius 2 is 1.68 bits per heavy atom. The third kappa shape index (κ3) is 2.66. The zero-order valence-electron chi connectivity index (χ0n) is 17.4. The fourth-order valence-corrected chi connectivity index (χ4v) is 6.40. The molecule has 3 aliphatic carbocycles. The number of benzene rings is 3. The van der Waals surface area contributed by atoms with Crippen LogP contribution in [0.1, 0.15) is 47.4 Å². The minimum atomic E-state index is -0.539. The van der Waals surface area contributed by atoms with E-state index in [0.29, 0.717) is 5.13 Å². The standard InChI is InChI=1S/C26H22N2O2S/c1-26(24(29)28-25-27-21-12-11-15(30-2)13-22(21)31-25)14-20-16-7-3-5-9-18(16)23(26)19-10-6-4-8-17(19)20/h3-13,20,23H,14H2,1-2H3,(H,27,28,29). The van der Waals surface area contributed by atoms with E-state index in [2.05, 4.69) is 65.8 Å². The second kappa shape index (κ2) is 6.66. The van der Waals surface area contributed by atoms with Crippen LogP contribution in [0.3, 0.4) is 0 Å². The number of hydrogen-bond donors (Lipinski definition) is 1. The van der Waals surface area contributed by atoms with Crippen molar-refractivity contribution in [3.63, 3.8) is 0 Å². The molecule has 1 aromatic heterocycles. The van der Waals surface area contributed by atoms with Gasteiger partial charge in [-0.05, 0) is 53.8 Å². The smallest absolute Gasteiger partial charge is 0.233 e. The Morgan fingerprint density at radius 3 is 2.32 bits per heavy atom. The van der Waals surface area contributed by atoms with Crippen molar-refractivity contribution in [2.24, 2.45) is 5.41 Å². The molecule has 5 heteroatoms. The zero-order valence-corrected chi connectivity index (χ0v) is 18.2. The summed E-state index contributed by atoms with van der Waals surface area (Å²) in [6, 6.07) is 23.0. The summed E-state index contributed by atoms with van der Waals surface area (Å²) in [4.78, 5) is 18.4. The van der Waals surface area contributed by atoms with Crippen molar-refractivity contribution in [2.75, 3.05) is 12.4 Å². The normalized spacial score (nSPS) is 23.3. The Labute approximate surface area is 184 Å². The SMILES string of the molecule is COc1ccc2nc(NC(=O)C3(C)CC4c5ccccc5C3c3ccccc34)sc2c1. The Morgan fingerprint density at radius 1 is 1.03 bits per heavy atom. The molecule has 31 heavy (non-hydrogen) atoms. The van der Waals surface area contributed by atoms with Crippen LogP contribution in [0.2, 0.25) is 0 Å². The van der Waals surface area contributed by atoms with Crippen LogP contribution in [0.5, 0.6) is 5.75 Å². The number of nitrogens with zero attached hydrogens (tertiary/aromatic N) is 1. The Kier molecular flexibility index (Phi) is 3.99. The molecule has 0 saturated heterocycles. The lowest BCUT2D eigenvalue weighted by atomic mass is 9.52. The number of amides is 1. The number of anilines is 1. The van der Waals surface area contributed by atoms with Crippen molar-refractivity contribution in [3.8, 4) is 5.75 Å². The van der Waals surface area contributed by atoms with Crippen molar-refractivity contribution in [1.29, 1.82) is 0 Å². The molecule has 4 aromatic rings. The number of hydrogen-bond acceptors (Lipinski definition) is 4. The number of fused-ring (bicyclic) bond motifs is 2. The summed E-state index contributed by atoms with van der Waals surface area (Å²) in [5.41, 5.74) is 5.62. The first-order valence-electron chi connectivity index (χ1n) is 10.5. The van der Waals surface area contributed by atoms with E-state index in [1.54, 1.807) is 7.11 Å². The highest BCUT2D eigenvalue weighted by Crippen LogP contribution is 2.61. The van der Waals surface area contributed by atoms with E-state index in [1.165, 1.54) is 33.6 Å². The number of carbonyl (C=O) groups is 1. The highest BCUT2D eigenvalue weighted by Gasteiger charge is 2.53. The molecule has 1 amide bonds. The van der Waals surface area contributed by atoms with Gasteiger partial charge in [-0.25, -0.2) is 4.98 Å². The maximum atomic E-state index is 13.7. The van der Waals surface area contributed by atoms with Crippen LogP contribution in [0.15, 0.2) is 66.7 Å². The van der Waals surface area contributed by atoms with E-state index in [0.717, 1.165) is 22.4 Å². The topological polar surface area (TPSA) is 51.2 Å². The van der Waals surface area contributed by atoms with Gasteiger partial charge in [0.05, 0.1) is 22.7 Å². The molecule has 0 aliphatic heterocycles. The molecule has 0 spiro atoms. The molecule has 1 atom stereocenters. The third-order valence-corrected chi connectivity index (χ3v) is 7.90. The summed E-state index contributed by atoms with van der Waals surface area (Å²) >= 11 is 1.49. The molecule has 1 N–H and O–H groups in total. The third-order valence-electron chi connectivity index (χ3n) is 6.96. The van der Waals surface area contributed by atoms with Gasteiger partial charge in [-0.2, -0.15) is 0 Å². The van der Waals surface area contributed by atoms with Crippen LogP contribution >= 0.6 is 11.3 Å². The average Bonchev–Trinajstić information content (AvgIpc) is 3.20. The number of aromatic nitrogens is 1. The Balaban J connectivity index is 1.40. The number of thiazole rings is 1. The van der Waals surface area contributed by atoms with Gasteiger partial charge in [0.1, 0.15) is 5.75 Å². The van der Waals surface area contributed by atoms with E-state index < -0.39 is 5.41 Å². The number of carbonyl (C=O) groups excluding carboxylic acids is 1. The quantitative estimate of drug-likeness (QED) is 0.442. The summed E-state index contributed by atoms with van der Waals surface area (Å²) in [6.07, 6.45) is 0.802. The highest BCUT2D eigenvalue weighted by atomic mass is 32.1. The van der Waals surface area contributed by atoms with Crippen LogP contribution in [-0.2, 0) is 4.79 Å². The fourth-order valence-electron chi connectivity index (χ4n) is 5.51. The molecule has 0 radical (unpaired) electrons. The van der Waals surface area contributed by atoms with E-state index in [-0.39, 0.29) is 17.7 Å². The number of rotatable bonds is 3. The minimum Gasteiger partial charge on any atom is -0.497 e. The van der Waals surface area contributed by atoms with Crippen molar-refractivity contribution >= 4 is 32.6 Å². The number of methoxy groups -OCH3 is 1. The van der Waals surface area contributed by atoms with Gasteiger partial charge in [0, 0.05) is 11.8 Å². The molecule has 3 aliphatic rings. The maximum Gasteiger partial charge on any atom is 0.233 e. The van der Waals surface area contributed by atoms with Gasteiger partial charge in [0.25, 0.3) is 0 Å². The largest absolute Gasteiger partial charge is 0.497 e. The van der Waals surface area contributed by atoms with Gasteiger partial charge in [-0.15, -0.1) is 0 Å². The highest BCUT2D eigenvalue weighted by molar-refractivity contribution is 7.22. The van der Waals surface area contributed by atoms with E-state index in [1.807, 2.05) is 18.2 Å².